The van der Waals surface area contributed by atoms with E-state index in [0.717, 1.165) is 17.5 Å². The van der Waals surface area contributed by atoms with Gasteiger partial charge in [-0.3, -0.25) is 9.59 Å². The predicted molar refractivity (Wildman–Crippen MR) is 111 cm³/mol. The third kappa shape index (κ3) is 3.80. The number of aliphatic hydroxyl groups is 1. The first kappa shape index (κ1) is 20.1. The number of carbonyl (C=O) groups is 2. The maximum Gasteiger partial charge on any atom is 0.314 e. The average molecular weight is 407 g/mol. The summed E-state index contributed by atoms with van der Waals surface area (Å²) in [6.45, 7) is 0.333. The minimum Gasteiger partial charge on any atom is -0.481 e. The van der Waals surface area contributed by atoms with Gasteiger partial charge in [0.2, 0.25) is 0 Å². The summed E-state index contributed by atoms with van der Waals surface area (Å²) in [4.78, 5) is 26.9. The predicted octanol–water partition coefficient (Wildman–Crippen LogP) is 2.64. The molecule has 0 bridgehead atoms. The molecule has 30 heavy (non-hydrogen) atoms. The number of amides is 1. The molecule has 1 aromatic carbocycles. The number of hydrogen-bond donors (Lipinski definition) is 2. The largest absolute Gasteiger partial charge is 0.481 e. The number of pyridine rings is 1. The van der Waals surface area contributed by atoms with Crippen molar-refractivity contribution in [2.24, 2.45) is 5.41 Å². The SMILES string of the molecule is O=C(c1ccn2nccc2c1)N1CC[C@H](O)[C@](CCCc2ccccc2)(C(=O)O)C1. The molecule has 1 fully saturated rings. The number of benzene rings is 1. The van der Waals surface area contributed by atoms with Crippen LogP contribution in [-0.2, 0) is 11.2 Å². The molecule has 2 aromatic heterocycles. The summed E-state index contributed by atoms with van der Waals surface area (Å²) >= 11 is 0. The molecular weight excluding hydrogens is 382 g/mol. The van der Waals surface area contributed by atoms with Gasteiger partial charge in [0.1, 0.15) is 5.41 Å². The van der Waals surface area contributed by atoms with Crippen LogP contribution in [0.3, 0.4) is 0 Å². The first-order valence-corrected chi connectivity index (χ1v) is 10.2. The van der Waals surface area contributed by atoms with E-state index in [1.54, 1.807) is 33.9 Å². The van der Waals surface area contributed by atoms with Crippen molar-refractivity contribution in [3.05, 3.63) is 72.1 Å². The Hall–Kier alpha value is -3.19. The molecule has 0 aliphatic carbocycles. The molecule has 4 rings (SSSR count). The lowest BCUT2D eigenvalue weighted by Crippen LogP contribution is -2.57. The summed E-state index contributed by atoms with van der Waals surface area (Å²) in [6.07, 6.45) is 4.30. The third-order valence-corrected chi connectivity index (χ3v) is 6.07. The third-order valence-electron chi connectivity index (χ3n) is 6.07. The van der Waals surface area contributed by atoms with Crippen molar-refractivity contribution in [1.82, 2.24) is 14.5 Å². The monoisotopic (exact) mass is 407 g/mol. The summed E-state index contributed by atoms with van der Waals surface area (Å²) < 4.78 is 1.67. The summed E-state index contributed by atoms with van der Waals surface area (Å²) in [5, 5.41) is 24.8. The van der Waals surface area contributed by atoms with Crippen LogP contribution in [0.2, 0.25) is 0 Å². The number of carboxylic acids is 1. The van der Waals surface area contributed by atoms with Gasteiger partial charge in [-0.25, -0.2) is 4.52 Å². The zero-order valence-electron chi connectivity index (χ0n) is 16.6. The fourth-order valence-electron chi connectivity index (χ4n) is 4.31. The fourth-order valence-corrected chi connectivity index (χ4v) is 4.31. The molecule has 7 nitrogen and oxygen atoms in total. The van der Waals surface area contributed by atoms with E-state index in [9.17, 15) is 19.8 Å². The minimum absolute atomic E-state index is 0.00155. The molecule has 0 radical (unpaired) electrons. The Bertz CT molecular complexity index is 1050. The normalized spacial score (nSPS) is 21.6. The lowest BCUT2D eigenvalue weighted by Gasteiger charge is -2.43. The molecule has 2 atom stereocenters. The molecule has 7 heteroatoms. The number of aromatic nitrogens is 2. The highest BCUT2D eigenvalue weighted by molar-refractivity contribution is 5.95. The zero-order chi connectivity index (χ0) is 21.1. The molecule has 0 spiro atoms. The van der Waals surface area contributed by atoms with Crippen LogP contribution in [0, 0.1) is 5.41 Å². The van der Waals surface area contributed by atoms with Crippen molar-refractivity contribution in [2.75, 3.05) is 13.1 Å². The number of nitrogens with zero attached hydrogens (tertiary/aromatic N) is 3. The van der Waals surface area contributed by atoms with Gasteiger partial charge in [-0.15, -0.1) is 0 Å². The van der Waals surface area contributed by atoms with E-state index in [4.69, 9.17) is 0 Å². The number of rotatable bonds is 6. The van der Waals surface area contributed by atoms with Crippen molar-refractivity contribution in [3.63, 3.8) is 0 Å². The second kappa shape index (κ2) is 8.28. The Balaban J connectivity index is 1.51. The van der Waals surface area contributed by atoms with Crippen LogP contribution in [0.15, 0.2) is 60.9 Å². The van der Waals surface area contributed by atoms with Gasteiger partial charge in [0.15, 0.2) is 0 Å². The molecule has 1 amide bonds. The fraction of sp³-hybridized carbons (Fsp3) is 0.348. The zero-order valence-corrected chi connectivity index (χ0v) is 16.6. The summed E-state index contributed by atoms with van der Waals surface area (Å²) in [6, 6.07) is 15.1. The molecule has 156 valence electrons. The van der Waals surface area contributed by atoms with Crippen LogP contribution >= 0.6 is 0 Å². The number of aliphatic hydroxyl groups excluding tert-OH is 1. The van der Waals surface area contributed by atoms with Crippen molar-refractivity contribution < 1.29 is 19.8 Å². The molecule has 0 saturated carbocycles. The second-order valence-electron chi connectivity index (χ2n) is 7.95. The van der Waals surface area contributed by atoms with E-state index >= 15 is 0 Å². The van der Waals surface area contributed by atoms with Gasteiger partial charge in [-0.1, -0.05) is 30.3 Å². The summed E-state index contributed by atoms with van der Waals surface area (Å²) in [7, 11) is 0. The Labute approximate surface area is 174 Å². The first-order valence-electron chi connectivity index (χ1n) is 10.2. The first-order chi connectivity index (χ1) is 14.5. The summed E-state index contributed by atoms with van der Waals surface area (Å²) in [5.74, 6) is -1.27. The van der Waals surface area contributed by atoms with Gasteiger partial charge >= 0.3 is 5.97 Å². The highest BCUT2D eigenvalue weighted by atomic mass is 16.4. The van der Waals surface area contributed by atoms with Crippen molar-refractivity contribution in [1.29, 1.82) is 0 Å². The number of hydrogen-bond acceptors (Lipinski definition) is 4. The number of piperidine rings is 1. The lowest BCUT2D eigenvalue weighted by atomic mass is 9.73. The molecule has 3 heterocycles. The Kier molecular flexibility index (Phi) is 5.55. The Morgan fingerprint density at radius 1 is 1.17 bits per heavy atom. The van der Waals surface area contributed by atoms with Gasteiger partial charge < -0.3 is 15.1 Å². The standard InChI is InChI=1S/C23H25N3O4/c27-20-10-13-25(21(28)18-9-14-26-19(15-18)8-12-24-26)16-23(20,22(29)30)11-4-7-17-5-2-1-3-6-17/h1-3,5-6,8-9,12,14-15,20,27H,4,7,10-11,13,16H2,(H,29,30)/t20-,23+/m0/s1. The van der Waals surface area contributed by atoms with Crippen molar-refractivity contribution >= 4 is 17.4 Å². The number of aryl methyl sites for hydroxylation is 1. The molecular formula is C23H25N3O4. The Morgan fingerprint density at radius 2 is 1.97 bits per heavy atom. The van der Waals surface area contributed by atoms with Gasteiger partial charge in [0.05, 0.1) is 11.6 Å². The molecule has 0 unspecified atom stereocenters. The van der Waals surface area contributed by atoms with Crippen LogP contribution < -0.4 is 0 Å². The van der Waals surface area contributed by atoms with Crippen LogP contribution in [0.25, 0.3) is 5.52 Å². The molecule has 1 saturated heterocycles. The van der Waals surface area contributed by atoms with Crippen LogP contribution in [0.5, 0.6) is 0 Å². The highest BCUT2D eigenvalue weighted by Crippen LogP contribution is 2.36. The number of fused-ring (bicyclic) bond motifs is 1. The number of carbonyl (C=O) groups excluding carboxylic acids is 1. The van der Waals surface area contributed by atoms with Crippen LogP contribution in [0.4, 0.5) is 0 Å². The van der Waals surface area contributed by atoms with E-state index in [-0.39, 0.29) is 18.9 Å². The number of likely N-dealkylation sites (tertiary alicyclic amines) is 1. The van der Waals surface area contributed by atoms with Gasteiger partial charge in [0, 0.05) is 31.0 Å². The molecule has 1 aliphatic rings. The quantitative estimate of drug-likeness (QED) is 0.655. The van der Waals surface area contributed by atoms with E-state index < -0.39 is 17.5 Å². The molecule has 2 N–H and O–H groups in total. The number of carboxylic acid groups (broad SMARTS) is 1. The Morgan fingerprint density at radius 3 is 2.73 bits per heavy atom. The van der Waals surface area contributed by atoms with E-state index in [1.165, 1.54) is 0 Å². The van der Waals surface area contributed by atoms with E-state index in [1.807, 2.05) is 36.4 Å². The lowest BCUT2D eigenvalue weighted by molar-refractivity contribution is -0.162. The van der Waals surface area contributed by atoms with E-state index in [0.29, 0.717) is 24.9 Å². The van der Waals surface area contributed by atoms with Gasteiger partial charge in [-0.2, -0.15) is 5.10 Å². The second-order valence-corrected chi connectivity index (χ2v) is 7.95. The van der Waals surface area contributed by atoms with Gasteiger partial charge in [0.25, 0.3) is 5.91 Å². The van der Waals surface area contributed by atoms with Crippen LogP contribution in [0.1, 0.15) is 35.2 Å². The van der Waals surface area contributed by atoms with E-state index in [2.05, 4.69) is 5.10 Å². The molecule has 3 aromatic rings. The minimum atomic E-state index is -1.36. The maximum absolute atomic E-state index is 13.1. The average Bonchev–Trinajstić information content (AvgIpc) is 3.23. The summed E-state index contributed by atoms with van der Waals surface area (Å²) in [5.41, 5.74) is 1.06. The molecule has 1 aliphatic heterocycles. The van der Waals surface area contributed by atoms with Gasteiger partial charge in [-0.05, 0) is 49.4 Å². The number of aliphatic carboxylic acids is 1. The smallest absolute Gasteiger partial charge is 0.314 e. The van der Waals surface area contributed by atoms with Crippen molar-refractivity contribution in [3.8, 4) is 0 Å². The van der Waals surface area contributed by atoms with Crippen LogP contribution in [-0.4, -0.2) is 55.8 Å². The highest BCUT2D eigenvalue weighted by Gasteiger charge is 2.49. The topological polar surface area (TPSA) is 95.1 Å². The maximum atomic E-state index is 13.1. The van der Waals surface area contributed by atoms with Crippen molar-refractivity contribution in [2.45, 2.75) is 31.8 Å².